The van der Waals surface area contributed by atoms with Crippen LogP contribution in [0.4, 0.5) is 0 Å². The molecule has 1 heterocycles. The molecule has 0 bridgehead atoms. The highest BCUT2D eigenvalue weighted by Crippen LogP contribution is 2.32. The van der Waals surface area contributed by atoms with E-state index in [2.05, 4.69) is 39.4 Å². The van der Waals surface area contributed by atoms with Gasteiger partial charge in [0.05, 0.1) is 5.54 Å². The molecule has 0 aliphatic carbocycles. The van der Waals surface area contributed by atoms with Gasteiger partial charge in [-0.2, -0.15) is 0 Å². The molecule has 0 amide bonds. The van der Waals surface area contributed by atoms with Crippen molar-refractivity contribution >= 4 is 45.5 Å². The van der Waals surface area contributed by atoms with Gasteiger partial charge in [-0.25, -0.2) is 9.79 Å². The number of rotatable bonds is 2. The van der Waals surface area contributed by atoms with Gasteiger partial charge in [-0.1, -0.05) is 34.4 Å². The summed E-state index contributed by atoms with van der Waals surface area (Å²) in [5.41, 5.74) is -0.515. The molecule has 4 nitrogen and oxygen atoms in total. The maximum atomic E-state index is 12.2. The topological polar surface area (TPSA) is 41.9 Å². The minimum atomic E-state index is -0.462. The summed E-state index contributed by atoms with van der Waals surface area (Å²) in [5.74, 6) is -0.219. The summed E-state index contributed by atoms with van der Waals surface area (Å²) in [5, 5.41) is 0.904. The van der Waals surface area contributed by atoms with Crippen molar-refractivity contribution in [1.29, 1.82) is 0 Å². The van der Waals surface area contributed by atoms with Gasteiger partial charge in [0.25, 0.3) is 0 Å². The van der Waals surface area contributed by atoms with Crippen LogP contribution in [0.1, 0.15) is 34.1 Å². The molecule has 0 spiro atoms. The second-order valence-electron chi connectivity index (χ2n) is 6.06. The fraction of sp³-hybridized carbons (Fsp3) is 0.846. The van der Waals surface area contributed by atoms with Gasteiger partial charge >= 0.3 is 5.97 Å². The smallest absolute Gasteiger partial charge is 0.331 e. The SMILES string of the molecule is CSC1=N[C@H](C(=O)OC(C)(C)C)C[C@](C)(CI)N1C. The molecule has 0 aromatic rings. The molecular weight excluding hydrogens is 375 g/mol. The molecule has 1 aliphatic heterocycles. The number of nitrogens with zero attached hydrogens (tertiary/aromatic N) is 2. The molecule has 0 aromatic heterocycles. The van der Waals surface area contributed by atoms with Crippen LogP contribution in [0.25, 0.3) is 0 Å². The Morgan fingerprint density at radius 3 is 2.63 bits per heavy atom. The third-order valence-electron chi connectivity index (χ3n) is 3.15. The molecule has 1 rings (SSSR count). The quantitative estimate of drug-likeness (QED) is 0.408. The number of thioether (sulfide) groups is 1. The van der Waals surface area contributed by atoms with Crippen LogP contribution in [0.3, 0.4) is 0 Å². The first-order valence-electron chi connectivity index (χ1n) is 6.27. The van der Waals surface area contributed by atoms with E-state index in [1.165, 1.54) is 0 Å². The predicted molar refractivity (Wildman–Crippen MR) is 90.3 cm³/mol. The molecule has 110 valence electrons. The van der Waals surface area contributed by atoms with Crippen LogP contribution in [0.5, 0.6) is 0 Å². The summed E-state index contributed by atoms with van der Waals surface area (Å²) in [4.78, 5) is 18.9. The van der Waals surface area contributed by atoms with E-state index >= 15 is 0 Å². The molecule has 1 aliphatic rings. The van der Waals surface area contributed by atoms with E-state index in [9.17, 15) is 4.79 Å². The first kappa shape index (κ1) is 17.1. The number of hydrogen-bond donors (Lipinski definition) is 0. The van der Waals surface area contributed by atoms with Gasteiger partial charge in [0.15, 0.2) is 11.2 Å². The number of ether oxygens (including phenoxy) is 1. The zero-order valence-electron chi connectivity index (χ0n) is 12.5. The number of esters is 1. The largest absolute Gasteiger partial charge is 0.458 e. The van der Waals surface area contributed by atoms with Gasteiger partial charge < -0.3 is 9.64 Å². The van der Waals surface area contributed by atoms with Crippen molar-refractivity contribution in [1.82, 2.24) is 4.90 Å². The van der Waals surface area contributed by atoms with Gasteiger partial charge in [-0.3, -0.25) is 0 Å². The second kappa shape index (κ2) is 6.20. The normalized spacial score (nSPS) is 28.1. The van der Waals surface area contributed by atoms with Crippen LogP contribution < -0.4 is 0 Å². The summed E-state index contributed by atoms with van der Waals surface area (Å²) >= 11 is 3.94. The second-order valence-corrected chi connectivity index (χ2v) is 7.59. The average molecular weight is 398 g/mol. The van der Waals surface area contributed by atoms with Crippen LogP contribution in [-0.4, -0.2) is 50.9 Å². The number of halogens is 1. The van der Waals surface area contributed by atoms with Gasteiger partial charge in [0.2, 0.25) is 0 Å². The third-order valence-corrected chi connectivity index (χ3v) is 5.53. The Labute approximate surface area is 133 Å². The molecule has 0 aromatic carbocycles. The highest BCUT2D eigenvalue weighted by atomic mass is 127. The minimum absolute atomic E-state index is 0.0533. The fourth-order valence-corrected chi connectivity index (χ4v) is 3.44. The van der Waals surface area contributed by atoms with Crippen molar-refractivity contribution in [3.63, 3.8) is 0 Å². The average Bonchev–Trinajstić information content (AvgIpc) is 2.30. The summed E-state index contributed by atoms with van der Waals surface area (Å²) in [6.45, 7) is 7.82. The van der Waals surface area contributed by atoms with E-state index in [-0.39, 0.29) is 11.5 Å². The molecule has 6 heteroatoms. The van der Waals surface area contributed by atoms with Gasteiger partial charge in [-0.15, -0.1) is 0 Å². The fourth-order valence-electron chi connectivity index (χ4n) is 1.89. The van der Waals surface area contributed by atoms with Crippen LogP contribution in [-0.2, 0) is 9.53 Å². The zero-order chi connectivity index (χ0) is 14.8. The van der Waals surface area contributed by atoms with E-state index < -0.39 is 11.6 Å². The molecule has 2 atom stereocenters. The molecule has 0 saturated carbocycles. The van der Waals surface area contributed by atoms with Crippen molar-refractivity contribution in [3.8, 4) is 0 Å². The standard InChI is InChI=1S/C13H23IN2O2S/c1-12(2,3)18-10(17)9-7-13(4,8-14)16(5)11(15-9)19-6/h9H,7-8H2,1-6H3/t9-,13+/m0/s1. The highest BCUT2D eigenvalue weighted by Gasteiger charge is 2.41. The Morgan fingerprint density at radius 1 is 1.63 bits per heavy atom. The van der Waals surface area contributed by atoms with Crippen molar-refractivity contribution in [2.24, 2.45) is 4.99 Å². The number of aliphatic imine (C=N–C) groups is 1. The van der Waals surface area contributed by atoms with E-state index in [4.69, 9.17) is 4.74 Å². The maximum Gasteiger partial charge on any atom is 0.331 e. The Bertz CT molecular complexity index is 381. The maximum absolute atomic E-state index is 12.2. The number of carbonyl (C=O) groups excluding carboxylic acids is 1. The Morgan fingerprint density at radius 2 is 2.21 bits per heavy atom. The van der Waals surface area contributed by atoms with Crippen LogP contribution in [0, 0.1) is 0 Å². The Balaban J connectivity index is 2.97. The first-order chi connectivity index (χ1) is 8.63. The monoisotopic (exact) mass is 398 g/mol. The van der Waals surface area contributed by atoms with Crippen LogP contribution >= 0.6 is 34.4 Å². The predicted octanol–water partition coefficient (Wildman–Crippen LogP) is 2.94. The van der Waals surface area contributed by atoms with Crippen LogP contribution in [0.2, 0.25) is 0 Å². The highest BCUT2D eigenvalue weighted by molar-refractivity contribution is 14.1. The lowest BCUT2D eigenvalue weighted by Crippen LogP contribution is -2.54. The molecule has 0 N–H and O–H groups in total. The van der Waals surface area contributed by atoms with Crippen molar-refractivity contribution in [2.45, 2.75) is 51.3 Å². The van der Waals surface area contributed by atoms with Crippen molar-refractivity contribution in [3.05, 3.63) is 0 Å². The van der Waals surface area contributed by atoms with E-state index in [0.717, 1.165) is 9.60 Å². The summed E-state index contributed by atoms with van der Waals surface area (Å²) in [7, 11) is 2.04. The Kier molecular flexibility index (Phi) is 5.57. The minimum Gasteiger partial charge on any atom is -0.458 e. The number of amidine groups is 1. The van der Waals surface area contributed by atoms with E-state index in [0.29, 0.717) is 6.42 Å². The molecular formula is C13H23IN2O2S. The van der Waals surface area contributed by atoms with E-state index in [1.54, 1.807) is 11.8 Å². The number of carbonyl (C=O) groups is 1. The van der Waals surface area contributed by atoms with Crippen LogP contribution in [0.15, 0.2) is 4.99 Å². The summed E-state index contributed by atoms with van der Waals surface area (Å²) in [6.07, 6.45) is 2.69. The van der Waals surface area contributed by atoms with Gasteiger partial charge in [0.1, 0.15) is 5.60 Å². The molecule has 0 saturated heterocycles. The van der Waals surface area contributed by atoms with Gasteiger partial charge in [-0.05, 0) is 34.0 Å². The lowest BCUT2D eigenvalue weighted by molar-refractivity contribution is -0.157. The molecule has 19 heavy (non-hydrogen) atoms. The number of alkyl halides is 1. The first-order valence-corrected chi connectivity index (χ1v) is 9.02. The van der Waals surface area contributed by atoms with Crippen molar-refractivity contribution < 1.29 is 9.53 Å². The van der Waals surface area contributed by atoms with E-state index in [1.807, 2.05) is 34.1 Å². The summed E-state index contributed by atoms with van der Waals surface area (Å²) in [6, 6.07) is -0.391. The molecule has 0 unspecified atom stereocenters. The van der Waals surface area contributed by atoms with Gasteiger partial charge in [0, 0.05) is 17.9 Å². The molecule has 0 fully saturated rings. The lowest BCUT2D eigenvalue weighted by atomic mass is 9.92. The Hall–Kier alpha value is 0.0200. The summed E-state index contributed by atoms with van der Waals surface area (Å²) < 4.78 is 6.41. The third kappa shape index (κ3) is 4.24. The van der Waals surface area contributed by atoms with Crippen molar-refractivity contribution in [2.75, 3.05) is 17.7 Å². The molecule has 0 radical (unpaired) electrons. The zero-order valence-corrected chi connectivity index (χ0v) is 15.5. The number of hydrogen-bond acceptors (Lipinski definition) is 5. The lowest BCUT2D eigenvalue weighted by Gasteiger charge is -2.44.